The van der Waals surface area contributed by atoms with Gasteiger partial charge in [0.25, 0.3) is 5.56 Å². The highest BCUT2D eigenvalue weighted by Crippen LogP contribution is 2.32. The molecule has 0 saturated carbocycles. The molecule has 5 rings (SSSR count). The van der Waals surface area contributed by atoms with Crippen LogP contribution in [0, 0.1) is 0 Å². The SMILES string of the molecule is CC1=C(C(=O)OC(C)C)C(c2ccc(OCc3ccccc3)cc2)n2c(s/c(=C\C=C\c3ccccc3)c2=O)=N1. The highest BCUT2D eigenvalue weighted by Gasteiger charge is 2.33. The number of carbonyl (C=O) groups excluding carboxylic acids is 1. The highest BCUT2D eigenvalue weighted by atomic mass is 32.1. The van der Waals surface area contributed by atoms with E-state index in [1.807, 2.05) is 97.1 Å². The summed E-state index contributed by atoms with van der Waals surface area (Å²) in [4.78, 5) is 32.2. The van der Waals surface area contributed by atoms with E-state index in [2.05, 4.69) is 4.99 Å². The van der Waals surface area contributed by atoms with E-state index in [1.165, 1.54) is 11.3 Å². The molecule has 40 heavy (non-hydrogen) atoms. The van der Waals surface area contributed by atoms with Gasteiger partial charge in [0, 0.05) is 0 Å². The molecule has 1 aromatic heterocycles. The summed E-state index contributed by atoms with van der Waals surface area (Å²) in [6.45, 7) is 5.83. The molecule has 6 nitrogen and oxygen atoms in total. The summed E-state index contributed by atoms with van der Waals surface area (Å²) in [5, 5.41) is 0. The predicted molar refractivity (Wildman–Crippen MR) is 159 cm³/mol. The number of aromatic nitrogens is 1. The fraction of sp³-hybridized carbons (Fsp3) is 0.182. The fourth-order valence-corrected chi connectivity index (χ4v) is 5.49. The summed E-state index contributed by atoms with van der Waals surface area (Å²) in [6.07, 6.45) is 5.28. The Kier molecular flexibility index (Phi) is 8.22. The lowest BCUT2D eigenvalue weighted by Crippen LogP contribution is -2.40. The monoisotopic (exact) mass is 550 g/mol. The zero-order valence-corrected chi connectivity index (χ0v) is 23.4. The van der Waals surface area contributed by atoms with Crippen molar-refractivity contribution in [2.24, 2.45) is 4.99 Å². The van der Waals surface area contributed by atoms with Crippen LogP contribution in [0.2, 0.25) is 0 Å². The Labute approximate surface area is 236 Å². The maximum atomic E-state index is 13.7. The zero-order chi connectivity index (χ0) is 28.1. The Morgan fingerprint density at radius 2 is 1.68 bits per heavy atom. The number of hydrogen-bond donors (Lipinski definition) is 0. The smallest absolute Gasteiger partial charge is 0.338 e. The highest BCUT2D eigenvalue weighted by molar-refractivity contribution is 7.07. The van der Waals surface area contributed by atoms with Crippen molar-refractivity contribution in [3.8, 4) is 5.75 Å². The number of thiazole rings is 1. The van der Waals surface area contributed by atoms with Crippen LogP contribution in [0.1, 0.15) is 43.5 Å². The molecule has 2 heterocycles. The minimum atomic E-state index is -0.675. The van der Waals surface area contributed by atoms with Crippen molar-refractivity contribution in [1.82, 2.24) is 4.57 Å². The first-order chi connectivity index (χ1) is 19.4. The number of fused-ring (bicyclic) bond motifs is 1. The van der Waals surface area contributed by atoms with E-state index >= 15 is 0 Å². The molecule has 0 radical (unpaired) electrons. The van der Waals surface area contributed by atoms with Gasteiger partial charge < -0.3 is 9.47 Å². The lowest BCUT2D eigenvalue weighted by Gasteiger charge is -2.25. The largest absolute Gasteiger partial charge is 0.489 e. The van der Waals surface area contributed by atoms with Crippen LogP contribution in [0.5, 0.6) is 5.75 Å². The fourth-order valence-electron chi connectivity index (χ4n) is 4.49. The summed E-state index contributed by atoms with van der Waals surface area (Å²) in [5.41, 5.74) is 3.55. The van der Waals surface area contributed by atoms with Crippen LogP contribution >= 0.6 is 11.3 Å². The van der Waals surface area contributed by atoms with Crippen LogP contribution in [0.25, 0.3) is 12.2 Å². The number of benzene rings is 3. The van der Waals surface area contributed by atoms with Crippen molar-refractivity contribution in [2.45, 2.75) is 39.5 Å². The van der Waals surface area contributed by atoms with E-state index in [-0.39, 0.29) is 11.7 Å². The van der Waals surface area contributed by atoms with Crippen LogP contribution < -0.4 is 19.6 Å². The number of ether oxygens (including phenoxy) is 2. The first-order valence-corrected chi connectivity index (χ1v) is 13.9. The van der Waals surface area contributed by atoms with E-state index in [4.69, 9.17) is 9.47 Å². The predicted octanol–water partition coefficient (Wildman–Crippen LogP) is 5.43. The standard InChI is InChI=1S/C33H30N2O4S/c1-22(2)39-32(37)29-23(3)34-33-35(31(36)28(40-33)16-10-15-24-11-6-4-7-12-24)30(29)26-17-19-27(20-18-26)38-21-25-13-8-5-9-14-25/h4-20,22,30H,21H2,1-3H3/b15-10+,28-16-. The van der Waals surface area contributed by atoms with E-state index < -0.39 is 12.0 Å². The molecule has 1 atom stereocenters. The minimum Gasteiger partial charge on any atom is -0.489 e. The molecule has 0 bridgehead atoms. The summed E-state index contributed by atoms with van der Waals surface area (Å²) >= 11 is 1.30. The number of rotatable bonds is 8. The molecule has 1 aliphatic heterocycles. The zero-order valence-electron chi connectivity index (χ0n) is 22.6. The summed E-state index contributed by atoms with van der Waals surface area (Å²) in [6, 6.07) is 26.6. The number of carbonyl (C=O) groups is 1. The van der Waals surface area contributed by atoms with Gasteiger partial charge in [-0.3, -0.25) is 9.36 Å². The van der Waals surface area contributed by atoms with Gasteiger partial charge in [0.15, 0.2) is 4.80 Å². The molecule has 3 aromatic carbocycles. The van der Waals surface area contributed by atoms with E-state index in [0.717, 1.165) is 16.7 Å². The lowest BCUT2D eigenvalue weighted by molar-refractivity contribution is -0.143. The second-order valence-corrected chi connectivity index (χ2v) is 10.7. The van der Waals surface area contributed by atoms with Gasteiger partial charge in [0.1, 0.15) is 12.4 Å². The number of allylic oxidation sites excluding steroid dienone is 2. The number of hydrogen-bond acceptors (Lipinski definition) is 6. The van der Waals surface area contributed by atoms with Crippen molar-refractivity contribution in [3.63, 3.8) is 0 Å². The molecule has 0 spiro atoms. The molecule has 0 saturated heterocycles. The van der Waals surface area contributed by atoms with Gasteiger partial charge in [0.05, 0.1) is 27.9 Å². The van der Waals surface area contributed by atoms with Crippen LogP contribution in [0.4, 0.5) is 0 Å². The summed E-state index contributed by atoms with van der Waals surface area (Å²) in [7, 11) is 0. The second kappa shape index (κ2) is 12.1. The van der Waals surface area contributed by atoms with Crippen LogP contribution in [0.15, 0.2) is 112 Å². The van der Waals surface area contributed by atoms with Crippen molar-refractivity contribution < 1.29 is 14.3 Å². The van der Waals surface area contributed by atoms with Crippen molar-refractivity contribution in [2.75, 3.05) is 0 Å². The van der Waals surface area contributed by atoms with Gasteiger partial charge >= 0.3 is 5.97 Å². The van der Waals surface area contributed by atoms with Crippen molar-refractivity contribution in [3.05, 3.63) is 139 Å². The molecule has 0 amide bonds. The van der Waals surface area contributed by atoms with Gasteiger partial charge in [-0.15, -0.1) is 0 Å². The maximum absolute atomic E-state index is 13.7. The van der Waals surface area contributed by atoms with Crippen molar-refractivity contribution >= 4 is 29.5 Å². The third kappa shape index (κ3) is 6.05. The average molecular weight is 551 g/mol. The summed E-state index contributed by atoms with van der Waals surface area (Å²) in [5.74, 6) is 0.210. The quantitative estimate of drug-likeness (QED) is 0.274. The molecule has 7 heteroatoms. The average Bonchev–Trinajstić information content (AvgIpc) is 3.26. The van der Waals surface area contributed by atoms with Gasteiger partial charge in [0.2, 0.25) is 0 Å². The normalized spacial score (nSPS) is 15.3. The minimum absolute atomic E-state index is 0.210. The third-order valence-electron chi connectivity index (χ3n) is 6.36. The Hall–Kier alpha value is -4.49. The topological polar surface area (TPSA) is 69.9 Å². The Balaban J connectivity index is 1.52. The van der Waals surface area contributed by atoms with Crippen molar-refractivity contribution in [1.29, 1.82) is 0 Å². The summed E-state index contributed by atoms with van der Waals surface area (Å²) < 4.78 is 13.7. The van der Waals surface area contributed by atoms with Gasteiger partial charge in [-0.25, -0.2) is 9.79 Å². The maximum Gasteiger partial charge on any atom is 0.338 e. The Bertz CT molecular complexity index is 1730. The molecular formula is C33H30N2O4S. The Morgan fingerprint density at radius 3 is 2.35 bits per heavy atom. The first-order valence-electron chi connectivity index (χ1n) is 13.1. The molecule has 1 aliphatic rings. The number of nitrogens with zero attached hydrogens (tertiary/aromatic N) is 2. The van der Waals surface area contributed by atoms with E-state index in [1.54, 1.807) is 31.4 Å². The molecule has 1 unspecified atom stereocenters. The lowest BCUT2D eigenvalue weighted by atomic mass is 9.96. The number of esters is 1. The van der Waals surface area contributed by atoms with Crippen LogP contribution in [0.3, 0.4) is 0 Å². The van der Waals surface area contributed by atoms with Gasteiger partial charge in [-0.2, -0.15) is 0 Å². The molecule has 202 valence electrons. The Morgan fingerprint density at radius 1 is 1.00 bits per heavy atom. The molecule has 4 aromatic rings. The van der Waals surface area contributed by atoms with Crippen LogP contribution in [-0.2, 0) is 16.1 Å². The van der Waals surface area contributed by atoms with Gasteiger partial charge in [-0.1, -0.05) is 96.3 Å². The van der Waals surface area contributed by atoms with E-state index in [0.29, 0.717) is 33.0 Å². The molecule has 0 N–H and O–H groups in total. The van der Waals surface area contributed by atoms with E-state index in [9.17, 15) is 9.59 Å². The van der Waals surface area contributed by atoms with Gasteiger partial charge in [-0.05, 0) is 55.7 Å². The molecule has 0 aliphatic carbocycles. The second-order valence-electron chi connectivity index (χ2n) is 9.67. The molecular weight excluding hydrogens is 520 g/mol. The third-order valence-corrected chi connectivity index (χ3v) is 7.37. The first kappa shape index (κ1) is 27.1. The van der Waals surface area contributed by atoms with Crippen LogP contribution in [-0.4, -0.2) is 16.6 Å². The molecule has 0 fully saturated rings.